The van der Waals surface area contributed by atoms with Crippen LogP contribution in [0.2, 0.25) is 5.02 Å². The van der Waals surface area contributed by atoms with E-state index in [0.29, 0.717) is 17.3 Å². The molecule has 4 heteroatoms. The van der Waals surface area contributed by atoms with Gasteiger partial charge in [0.1, 0.15) is 5.75 Å². The highest BCUT2D eigenvalue weighted by atomic mass is 35.5. The summed E-state index contributed by atoms with van der Waals surface area (Å²) in [4.78, 5) is 4.43. The fourth-order valence-electron chi connectivity index (χ4n) is 1.66. The van der Waals surface area contributed by atoms with Crippen molar-refractivity contribution in [3.05, 3.63) is 52.8 Å². The van der Waals surface area contributed by atoms with Crippen LogP contribution in [-0.2, 0) is 6.54 Å². The maximum atomic E-state index is 5.97. The van der Waals surface area contributed by atoms with Gasteiger partial charge in [-0.25, -0.2) is 0 Å². The van der Waals surface area contributed by atoms with Crippen molar-refractivity contribution in [3.8, 4) is 5.75 Å². The lowest BCUT2D eigenvalue weighted by Gasteiger charge is -2.09. The van der Waals surface area contributed by atoms with Crippen LogP contribution >= 0.6 is 11.6 Å². The minimum atomic E-state index is 0.608. The van der Waals surface area contributed by atoms with Gasteiger partial charge in [-0.05, 0) is 31.2 Å². The zero-order valence-corrected chi connectivity index (χ0v) is 11.2. The summed E-state index contributed by atoms with van der Waals surface area (Å²) < 4.78 is 5.17. The minimum Gasteiger partial charge on any atom is -0.495 e. The van der Waals surface area contributed by atoms with E-state index in [1.807, 2.05) is 43.3 Å². The van der Waals surface area contributed by atoms with Crippen LogP contribution in [0.15, 0.2) is 36.4 Å². The molecular weight excluding hydrogens is 248 g/mol. The van der Waals surface area contributed by atoms with Gasteiger partial charge >= 0.3 is 0 Å². The second-order valence-corrected chi connectivity index (χ2v) is 4.38. The van der Waals surface area contributed by atoms with Gasteiger partial charge in [-0.1, -0.05) is 17.7 Å². The first-order chi connectivity index (χ1) is 8.69. The lowest BCUT2D eigenvalue weighted by atomic mass is 10.2. The Morgan fingerprint density at radius 2 is 2.11 bits per heavy atom. The van der Waals surface area contributed by atoms with Gasteiger partial charge in [0.15, 0.2) is 0 Å². The average Bonchev–Trinajstić information content (AvgIpc) is 2.38. The second kappa shape index (κ2) is 5.74. The number of hydrogen-bond acceptors (Lipinski definition) is 3. The molecule has 0 saturated heterocycles. The minimum absolute atomic E-state index is 0.608. The van der Waals surface area contributed by atoms with Crippen LogP contribution in [0.4, 0.5) is 5.69 Å². The molecule has 2 rings (SSSR count). The smallest absolute Gasteiger partial charge is 0.139 e. The zero-order valence-electron chi connectivity index (χ0n) is 10.4. The van der Waals surface area contributed by atoms with Crippen molar-refractivity contribution in [2.75, 3.05) is 12.4 Å². The van der Waals surface area contributed by atoms with Crippen LogP contribution in [0.3, 0.4) is 0 Å². The second-order valence-electron chi connectivity index (χ2n) is 3.97. The molecule has 18 heavy (non-hydrogen) atoms. The molecule has 0 fully saturated rings. The largest absolute Gasteiger partial charge is 0.495 e. The molecule has 0 aliphatic carbocycles. The van der Waals surface area contributed by atoms with E-state index in [-0.39, 0.29) is 0 Å². The van der Waals surface area contributed by atoms with E-state index in [2.05, 4.69) is 10.3 Å². The van der Waals surface area contributed by atoms with Crippen molar-refractivity contribution in [2.45, 2.75) is 13.5 Å². The third-order valence-corrected chi connectivity index (χ3v) is 2.88. The molecule has 94 valence electrons. The van der Waals surface area contributed by atoms with Crippen LogP contribution in [0, 0.1) is 6.92 Å². The summed E-state index contributed by atoms with van der Waals surface area (Å²) in [6.45, 7) is 2.65. The van der Waals surface area contributed by atoms with Crippen molar-refractivity contribution in [3.63, 3.8) is 0 Å². The number of rotatable bonds is 4. The van der Waals surface area contributed by atoms with Crippen molar-refractivity contribution in [1.82, 2.24) is 4.98 Å². The Morgan fingerprint density at radius 1 is 1.28 bits per heavy atom. The molecule has 0 bridgehead atoms. The molecule has 1 aromatic carbocycles. The Hall–Kier alpha value is -1.74. The first-order valence-electron chi connectivity index (χ1n) is 5.69. The zero-order chi connectivity index (χ0) is 13.0. The molecule has 2 aromatic rings. The Bertz CT molecular complexity index is 543. The number of nitrogens with zero attached hydrogens (tertiary/aromatic N) is 1. The highest BCUT2D eigenvalue weighted by Crippen LogP contribution is 2.27. The van der Waals surface area contributed by atoms with Gasteiger partial charge in [0.05, 0.1) is 24.4 Å². The Balaban J connectivity index is 2.06. The number of anilines is 1. The topological polar surface area (TPSA) is 34.1 Å². The van der Waals surface area contributed by atoms with Gasteiger partial charge in [-0.3, -0.25) is 4.98 Å². The molecule has 0 saturated carbocycles. The van der Waals surface area contributed by atoms with Gasteiger partial charge in [-0.15, -0.1) is 0 Å². The molecule has 0 amide bonds. The molecule has 1 aromatic heterocycles. The maximum Gasteiger partial charge on any atom is 0.139 e. The van der Waals surface area contributed by atoms with E-state index >= 15 is 0 Å². The fraction of sp³-hybridized carbons (Fsp3) is 0.214. The van der Waals surface area contributed by atoms with Gasteiger partial charge in [0, 0.05) is 17.4 Å². The fourth-order valence-corrected chi connectivity index (χ4v) is 1.86. The molecule has 0 radical (unpaired) electrons. The predicted octanol–water partition coefficient (Wildman–Crippen LogP) is 3.66. The monoisotopic (exact) mass is 262 g/mol. The van der Waals surface area contributed by atoms with Crippen molar-refractivity contribution in [2.24, 2.45) is 0 Å². The Morgan fingerprint density at radius 3 is 2.83 bits per heavy atom. The maximum absolute atomic E-state index is 5.97. The molecule has 0 spiro atoms. The molecule has 3 nitrogen and oxygen atoms in total. The molecule has 0 atom stereocenters. The van der Waals surface area contributed by atoms with Gasteiger partial charge in [0.2, 0.25) is 0 Å². The molecule has 1 N–H and O–H groups in total. The molecule has 0 aliphatic rings. The first-order valence-corrected chi connectivity index (χ1v) is 6.07. The van der Waals surface area contributed by atoms with Gasteiger partial charge in [-0.2, -0.15) is 0 Å². The van der Waals surface area contributed by atoms with E-state index in [1.165, 1.54) is 0 Å². The number of pyridine rings is 1. The van der Waals surface area contributed by atoms with E-state index in [9.17, 15) is 0 Å². The molecule has 0 unspecified atom stereocenters. The number of ether oxygens (including phenoxy) is 1. The third kappa shape index (κ3) is 3.14. The summed E-state index contributed by atoms with van der Waals surface area (Å²) >= 11 is 5.97. The van der Waals surface area contributed by atoms with E-state index in [4.69, 9.17) is 16.3 Å². The SMILES string of the molecule is COc1cc(NCc2cccc(C)n2)ccc1Cl. The van der Waals surface area contributed by atoms with Crippen LogP contribution in [0.25, 0.3) is 0 Å². The van der Waals surface area contributed by atoms with E-state index in [0.717, 1.165) is 17.1 Å². The van der Waals surface area contributed by atoms with Crippen LogP contribution in [0.5, 0.6) is 5.75 Å². The highest BCUT2D eigenvalue weighted by Gasteiger charge is 2.02. The number of benzene rings is 1. The number of hydrogen-bond donors (Lipinski definition) is 1. The first kappa shape index (κ1) is 12.7. The van der Waals surface area contributed by atoms with Crippen LogP contribution < -0.4 is 10.1 Å². The van der Waals surface area contributed by atoms with Crippen molar-refractivity contribution >= 4 is 17.3 Å². The number of methoxy groups -OCH3 is 1. The Labute approximate surface area is 112 Å². The summed E-state index contributed by atoms with van der Waals surface area (Å²) in [7, 11) is 1.60. The lowest BCUT2D eigenvalue weighted by Crippen LogP contribution is -2.02. The van der Waals surface area contributed by atoms with Crippen LogP contribution in [0.1, 0.15) is 11.4 Å². The molecular formula is C14H15ClN2O. The summed E-state index contributed by atoms with van der Waals surface area (Å²) in [5.74, 6) is 0.666. The summed E-state index contributed by atoms with van der Waals surface area (Å²) in [6.07, 6.45) is 0. The highest BCUT2D eigenvalue weighted by molar-refractivity contribution is 6.32. The van der Waals surface area contributed by atoms with Crippen molar-refractivity contribution in [1.29, 1.82) is 0 Å². The number of aryl methyl sites for hydroxylation is 1. The number of aromatic nitrogens is 1. The normalized spacial score (nSPS) is 10.2. The molecule has 0 aliphatic heterocycles. The standard InChI is InChI=1S/C14H15ClN2O/c1-10-4-3-5-12(17-10)9-16-11-6-7-13(15)14(8-11)18-2/h3-8,16H,9H2,1-2H3. The summed E-state index contributed by atoms with van der Waals surface area (Å²) in [5.41, 5.74) is 2.98. The number of halogens is 1. The lowest BCUT2D eigenvalue weighted by molar-refractivity contribution is 0.415. The summed E-state index contributed by atoms with van der Waals surface area (Å²) in [6, 6.07) is 11.6. The third-order valence-electron chi connectivity index (χ3n) is 2.57. The van der Waals surface area contributed by atoms with Crippen molar-refractivity contribution < 1.29 is 4.74 Å². The summed E-state index contributed by atoms with van der Waals surface area (Å²) in [5, 5.41) is 3.90. The molecule has 1 heterocycles. The Kier molecular flexibility index (Phi) is 4.05. The van der Waals surface area contributed by atoms with Gasteiger partial charge < -0.3 is 10.1 Å². The average molecular weight is 263 g/mol. The van der Waals surface area contributed by atoms with Crippen LogP contribution in [-0.4, -0.2) is 12.1 Å². The van der Waals surface area contributed by atoms with E-state index < -0.39 is 0 Å². The predicted molar refractivity (Wildman–Crippen MR) is 74.3 cm³/mol. The van der Waals surface area contributed by atoms with Gasteiger partial charge in [0.25, 0.3) is 0 Å². The quantitative estimate of drug-likeness (QED) is 0.913. The van der Waals surface area contributed by atoms with E-state index in [1.54, 1.807) is 7.11 Å². The number of nitrogens with one attached hydrogen (secondary N) is 1.